The van der Waals surface area contributed by atoms with Crippen molar-refractivity contribution < 1.29 is 28.1 Å². The van der Waals surface area contributed by atoms with E-state index < -0.39 is 23.3 Å². The predicted molar refractivity (Wildman–Crippen MR) is 169 cm³/mol. The maximum Gasteiger partial charge on any atom is 0.319 e. The highest BCUT2D eigenvalue weighted by atomic mass is 19.1. The molecule has 2 atom stereocenters. The summed E-state index contributed by atoms with van der Waals surface area (Å²) in [7, 11) is 0. The second-order valence-corrected chi connectivity index (χ2v) is 13.9. The molecule has 2 N–H and O–H groups in total. The monoisotopic (exact) mass is 633 g/mol. The van der Waals surface area contributed by atoms with Gasteiger partial charge in [0.25, 0.3) is 0 Å². The van der Waals surface area contributed by atoms with Crippen molar-refractivity contribution in [3.05, 3.63) is 47.7 Å². The van der Waals surface area contributed by atoms with Crippen LogP contribution in [0.4, 0.5) is 19.0 Å². The van der Waals surface area contributed by atoms with Crippen molar-refractivity contribution in [1.82, 2.24) is 19.9 Å². The Bertz CT molecular complexity index is 1840. The highest BCUT2D eigenvalue weighted by molar-refractivity contribution is 6.01. The number of hydrogen-bond donors (Lipinski definition) is 2. The van der Waals surface area contributed by atoms with Crippen molar-refractivity contribution in [3.8, 4) is 23.0 Å². The second kappa shape index (κ2) is 10.9. The number of pyridine rings is 1. The molecule has 1 spiro atoms. The molecule has 2 aromatic carbocycles. The number of aliphatic hydroxyl groups excluding tert-OH is 1. The summed E-state index contributed by atoms with van der Waals surface area (Å²) in [4.78, 5) is 18.2. The molecule has 242 valence electrons. The third-order valence-electron chi connectivity index (χ3n) is 10.9. The fraction of sp³-hybridized carbons (Fsp3) is 0.514. The van der Waals surface area contributed by atoms with E-state index in [1.807, 2.05) is 6.92 Å². The maximum atomic E-state index is 16.9. The number of halogens is 3. The van der Waals surface area contributed by atoms with E-state index in [9.17, 15) is 19.0 Å². The van der Waals surface area contributed by atoms with Crippen LogP contribution in [0.5, 0.6) is 11.8 Å². The quantitative estimate of drug-likeness (QED) is 0.264. The predicted octanol–water partition coefficient (Wildman–Crippen LogP) is 6.09. The molecule has 8 nitrogen and oxygen atoms in total. The number of piperidine rings is 1. The minimum absolute atomic E-state index is 0.0106. The summed E-state index contributed by atoms with van der Waals surface area (Å²) in [6.07, 6.45) is 6.19. The minimum atomic E-state index is -0.916. The van der Waals surface area contributed by atoms with Gasteiger partial charge in [-0.15, -0.1) is 0 Å². The zero-order valence-electron chi connectivity index (χ0n) is 25.9. The molecule has 8 rings (SSSR count). The average molecular weight is 634 g/mol. The first kappa shape index (κ1) is 29.7. The molecular weight excluding hydrogens is 595 g/mol. The molecule has 4 aromatic rings. The molecular formula is C35H38F3N5O3. The topological polar surface area (TPSA) is 94.8 Å². The van der Waals surface area contributed by atoms with Gasteiger partial charge in [0.1, 0.15) is 41.4 Å². The van der Waals surface area contributed by atoms with Crippen LogP contribution in [0, 0.1) is 17.0 Å². The van der Waals surface area contributed by atoms with Gasteiger partial charge in [-0.2, -0.15) is 9.97 Å². The highest BCUT2D eigenvalue weighted by Crippen LogP contribution is 2.49. The van der Waals surface area contributed by atoms with Crippen LogP contribution >= 0.6 is 0 Å². The molecule has 4 aliphatic rings. The number of phenols is 1. The Labute approximate surface area is 265 Å². The van der Waals surface area contributed by atoms with E-state index >= 15 is 4.39 Å². The lowest BCUT2D eigenvalue weighted by atomic mass is 9.62. The lowest BCUT2D eigenvalue weighted by molar-refractivity contribution is -0.0396. The number of aryl methyl sites for hydroxylation is 1. The van der Waals surface area contributed by atoms with Crippen LogP contribution < -0.4 is 9.64 Å². The van der Waals surface area contributed by atoms with Crippen LogP contribution in [0.1, 0.15) is 57.4 Å². The zero-order chi connectivity index (χ0) is 31.8. The van der Waals surface area contributed by atoms with Gasteiger partial charge in [0.15, 0.2) is 5.82 Å². The summed E-state index contributed by atoms with van der Waals surface area (Å²) in [5.41, 5.74) is 0.183. The highest BCUT2D eigenvalue weighted by Gasteiger charge is 2.50. The molecule has 0 amide bonds. The smallest absolute Gasteiger partial charge is 0.319 e. The van der Waals surface area contributed by atoms with Gasteiger partial charge in [0.05, 0.1) is 17.0 Å². The summed E-state index contributed by atoms with van der Waals surface area (Å²) < 4.78 is 52.6. The molecule has 3 aliphatic heterocycles. The number of ether oxygens (including phenoxy) is 1. The van der Waals surface area contributed by atoms with Crippen molar-refractivity contribution in [2.45, 2.75) is 76.1 Å². The van der Waals surface area contributed by atoms with Crippen LogP contribution in [-0.2, 0) is 6.42 Å². The van der Waals surface area contributed by atoms with Crippen LogP contribution in [0.2, 0.25) is 0 Å². The van der Waals surface area contributed by atoms with E-state index in [4.69, 9.17) is 9.72 Å². The summed E-state index contributed by atoms with van der Waals surface area (Å²) in [6.45, 7) is 4.59. The SMILES string of the molecule is CCc1c(F)ccc2cc(O)cc(-c3ncc4c(N5CCCC6(CC(O)C6)C5)nc(OC[C@@]56CCCN5C[C@H](F)C6)nc4c3F)c12. The first-order valence-corrected chi connectivity index (χ1v) is 16.4. The van der Waals surface area contributed by atoms with Gasteiger partial charge in [-0.3, -0.25) is 9.88 Å². The number of benzene rings is 2. The van der Waals surface area contributed by atoms with Crippen molar-refractivity contribution in [3.63, 3.8) is 0 Å². The lowest BCUT2D eigenvalue weighted by Crippen LogP contribution is -2.52. The third-order valence-corrected chi connectivity index (χ3v) is 10.9. The van der Waals surface area contributed by atoms with Crippen molar-refractivity contribution in [1.29, 1.82) is 0 Å². The molecule has 5 heterocycles. The fourth-order valence-corrected chi connectivity index (χ4v) is 8.86. The maximum absolute atomic E-state index is 16.9. The summed E-state index contributed by atoms with van der Waals surface area (Å²) >= 11 is 0. The van der Waals surface area contributed by atoms with E-state index in [0.29, 0.717) is 60.0 Å². The Morgan fingerprint density at radius 2 is 1.89 bits per heavy atom. The van der Waals surface area contributed by atoms with E-state index in [0.717, 1.165) is 45.1 Å². The largest absolute Gasteiger partial charge is 0.508 e. The van der Waals surface area contributed by atoms with Gasteiger partial charge >= 0.3 is 6.01 Å². The number of aliphatic hydroxyl groups is 1. The molecule has 11 heteroatoms. The minimum Gasteiger partial charge on any atom is -0.508 e. The Morgan fingerprint density at radius 1 is 1.07 bits per heavy atom. The van der Waals surface area contributed by atoms with Crippen molar-refractivity contribution >= 4 is 27.5 Å². The fourth-order valence-electron chi connectivity index (χ4n) is 8.86. The average Bonchev–Trinajstić information content (AvgIpc) is 3.55. The Hall–Kier alpha value is -3.70. The van der Waals surface area contributed by atoms with Crippen LogP contribution in [-0.4, -0.2) is 80.7 Å². The Morgan fingerprint density at radius 3 is 2.70 bits per heavy atom. The van der Waals surface area contributed by atoms with Gasteiger partial charge < -0.3 is 19.8 Å². The number of aromatic nitrogens is 3. The normalized spacial score (nSPS) is 27.9. The Balaban J connectivity index is 1.26. The van der Waals surface area contributed by atoms with Gasteiger partial charge in [-0.05, 0) is 91.4 Å². The number of rotatable bonds is 6. The van der Waals surface area contributed by atoms with E-state index in [1.165, 1.54) is 18.2 Å². The van der Waals surface area contributed by atoms with Crippen molar-refractivity contribution in [2.75, 3.05) is 37.7 Å². The molecule has 2 aromatic heterocycles. The number of aromatic hydroxyl groups is 1. The zero-order valence-corrected chi connectivity index (χ0v) is 25.9. The molecule has 3 saturated heterocycles. The van der Waals surface area contributed by atoms with E-state index in [2.05, 4.69) is 19.8 Å². The molecule has 46 heavy (non-hydrogen) atoms. The van der Waals surface area contributed by atoms with Gasteiger partial charge in [-0.1, -0.05) is 13.0 Å². The number of hydrogen-bond acceptors (Lipinski definition) is 8. The van der Waals surface area contributed by atoms with Crippen LogP contribution in [0.3, 0.4) is 0 Å². The molecule has 1 saturated carbocycles. The summed E-state index contributed by atoms with van der Waals surface area (Å²) in [5, 5.41) is 22.2. The first-order valence-electron chi connectivity index (χ1n) is 16.4. The van der Waals surface area contributed by atoms with Crippen LogP contribution in [0.15, 0.2) is 30.5 Å². The van der Waals surface area contributed by atoms with Crippen LogP contribution in [0.25, 0.3) is 32.9 Å². The standard InChI is InChI=1S/C35H38F3N5O3/c1-2-24-27(37)6-5-20-11-22(44)12-25(28(20)24)30-29(38)31-26(16-39-30)32(42-9-3-7-34(18-42)14-23(45)15-34)41-33(40-31)46-19-35-8-4-10-43(35)17-21(36)13-35/h5-6,11-12,16,21,23,44-45H,2-4,7-10,13-15,17-19H2,1H3/t21-,23?,34?,35+/m1/s1. The molecule has 1 aliphatic carbocycles. The first-order chi connectivity index (χ1) is 22.2. The number of phenolic OH excluding ortho intramolecular Hbond substituents is 1. The van der Waals surface area contributed by atoms with Gasteiger partial charge in [0, 0.05) is 37.8 Å². The van der Waals surface area contributed by atoms with E-state index in [1.54, 1.807) is 12.3 Å². The summed E-state index contributed by atoms with van der Waals surface area (Å²) in [6, 6.07) is 5.87. The lowest BCUT2D eigenvalue weighted by Gasteiger charge is -2.51. The van der Waals surface area contributed by atoms with Crippen molar-refractivity contribution in [2.24, 2.45) is 5.41 Å². The number of alkyl halides is 1. The second-order valence-electron chi connectivity index (χ2n) is 13.9. The molecule has 0 radical (unpaired) electrons. The Kier molecular flexibility index (Phi) is 7.06. The number of anilines is 1. The van der Waals surface area contributed by atoms with Gasteiger partial charge in [0.2, 0.25) is 0 Å². The van der Waals surface area contributed by atoms with Gasteiger partial charge in [-0.25, -0.2) is 13.2 Å². The summed E-state index contributed by atoms with van der Waals surface area (Å²) in [5.74, 6) is -0.712. The third kappa shape index (κ3) is 4.76. The molecule has 0 bridgehead atoms. The molecule has 4 fully saturated rings. The molecule has 0 unspecified atom stereocenters. The van der Waals surface area contributed by atoms with E-state index in [-0.39, 0.29) is 46.7 Å². The number of fused-ring (bicyclic) bond motifs is 3. The number of nitrogens with zero attached hydrogens (tertiary/aromatic N) is 5.